The van der Waals surface area contributed by atoms with Crippen molar-refractivity contribution in [3.8, 4) is 0 Å². The molecule has 1 atom stereocenters. The van der Waals surface area contributed by atoms with Crippen LogP contribution in [0, 0.1) is 5.92 Å². The van der Waals surface area contributed by atoms with Crippen molar-refractivity contribution in [1.82, 2.24) is 14.9 Å². The third-order valence-electron chi connectivity index (χ3n) is 4.61. The molecule has 0 spiro atoms. The van der Waals surface area contributed by atoms with Crippen LogP contribution in [0.5, 0.6) is 0 Å². The van der Waals surface area contributed by atoms with Crippen LogP contribution in [0.2, 0.25) is 0 Å². The van der Waals surface area contributed by atoms with Gasteiger partial charge >= 0.3 is 0 Å². The molecule has 126 valence electrons. The van der Waals surface area contributed by atoms with Crippen molar-refractivity contribution in [3.05, 3.63) is 54.0 Å². The van der Waals surface area contributed by atoms with Gasteiger partial charge in [-0.05, 0) is 43.7 Å². The molecule has 1 aromatic carbocycles. The number of aromatic nitrogens is 2. The van der Waals surface area contributed by atoms with E-state index in [1.54, 1.807) is 6.20 Å². The number of hydrogen-bond acceptors (Lipinski definition) is 4. The topological polar surface area (TPSA) is 58.1 Å². The minimum absolute atomic E-state index is 0.148. The molecule has 0 aliphatic carbocycles. The summed E-state index contributed by atoms with van der Waals surface area (Å²) in [4.78, 5) is 23.4. The highest BCUT2D eigenvalue weighted by atomic mass is 16.2. The number of carbonyl (C=O) groups excluding carboxylic acids is 1. The van der Waals surface area contributed by atoms with Crippen molar-refractivity contribution < 1.29 is 4.79 Å². The van der Waals surface area contributed by atoms with Crippen LogP contribution >= 0.6 is 0 Å². The first-order valence-electron chi connectivity index (χ1n) is 8.59. The molecule has 3 rings (SSSR count). The van der Waals surface area contributed by atoms with Crippen LogP contribution in [0.15, 0.2) is 42.7 Å². The number of benzene rings is 1. The third kappa shape index (κ3) is 4.10. The van der Waals surface area contributed by atoms with Crippen molar-refractivity contribution in [1.29, 1.82) is 0 Å². The van der Waals surface area contributed by atoms with Gasteiger partial charge in [0.2, 0.25) is 0 Å². The van der Waals surface area contributed by atoms with Crippen molar-refractivity contribution >= 4 is 11.7 Å². The summed E-state index contributed by atoms with van der Waals surface area (Å²) in [6.07, 6.45) is 7.76. The fraction of sp³-hybridized carbons (Fsp3) is 0.421. The average molecular weight is 324 g/mol. The maximum absolute atomic E-state index is 12.6. The van der Waals surface area contributed by atoms with Gasteiger partial charge in [-0.2, -0.15) is 0 Å². The highest BCUT2D eigenvalue weighted by Crippen LogP contribution is 2.22. The Balaban J connectivity index is 1.57. The number of nitrogens with zero attached hydrogens (tertiary/aromatic N) is 3. The smallest absolute Gasteiger partial charge is 0.253 e. The molecule has 1 aliphatic heterocycles. The Labute approximate surface area is 143 Å². The largest absolute Gasteiger partial charge is 0.372 e. The molecular weight excluding hydrogens is 300 g/mol. The SMILES string of the molecule is CNc1cnc(CC2CCCN(C(=O)c3ccccc3)CC2)cn1. The van der Waals surface area contributed by atoms with Crippen LogP contribution in [-0.2, 0) is 6.42 Å². The second-order valence-corrected chi connectivity index (χ2v) is 6.30. The Morgan fingerprint density at radius 3 is 2.71 bits per heavy atom. The molecule has 2 aromatic rings. The van der Waals surface area contributed by atoms with E-state index in [-0.39, 0.29) is 5.91 Å². The van der Waals surface area contributed by atoms with E-state index >= 15 is 0 Å². The molecule has 24 heavy (non-hydrogen) atoms. The fourth-order valence-corrected chi connectivity index (χ4v) is 3.22. The predicted molar refractivity (Wildman–Crippen MR) is 95.0 cm³/mol. The molecule has 1 aromatic heterocycles. The zero-order chi connectivity index (χ0) is 16.8. The van der Waals surface area contributed by atoms with Gasteiger partial charge in [-0.1, -0.05) is 18.2 Å². The van der Waals surface area contributed by atoms with Crippen LogP contribution in [0.25, 0.3) is 0 Å². The quantitative estimate of drug-likeness (QED) is 0.939. The standard InChI is InChI=1S/C19H24N4O/c1-20-18-14-21-17(13-22-18)12-15-6-5-10-23(11-9-15)19(24)16-7-3-2-4-8-16/h2-4,7-8,13-15H,5-6,9-12H2,1H3,(H,20,22). The molecular formula is C19H24N4O. The predicted octanol–water partition coefficient (Wildman–Crippen LogP) is 3.00. The van der Waals surface area contributed by atoms with Crippen LogP contribution in [0.1, 0.15) is 35.3 Å². The number of carbonyl (C=O) groups is 1. The summed E-state index contributed by atoms with van der Waals surface area (Å²) in [5.74, 6) is 1.50. The summed E-state index contributed by atoms with van der Waals surface area (Å²) >= 11 is 0. The normalized spacial score (nSPS) is 18.0. The second-order valence-electron chi connectivity index (χ2n) is 6.30. The van der Waals surface area contributed by atoms with E-state index in [1.165, 1.54) is 0 Å². The number of amides is 1. The Morgan fingerprint density at radius 1 is 1.17 bits per heavy atom. The molecule has 0 bridgehead atoms. The number of anilines is 1. The summed E-state index contributed by atoms with van der Waals surface area (Å²) in [7, 11) is 1.84. The summed E-state index contributed by atoms with van der Waals surface area (Å²) < 4.78 is 0. The lowest BCUT2D eigenvalue weighted by Gasteiger charge is -2.20. The van der Waals surface area contributed by atoms with Crippen LogP contribution in [0.3, 0.4) is 0 Å². The van der Waals surface area contributed by atoms with Crippen molar-refractivity contribution in [3.63, 3.8) is 0 Å². The molecule has 2 heterocycles. The van der Waals surface area contributed by atoms with Gasteiger partial charge in [0.1, 0.15) is 5.82 Å². The van der Waals surface area contributed by atoms with Gasteiger partial charge in [-0.15, -0.1) is 0 Å². The highest BCUT2D eigenvalue weighted by Gasteiger charge is 2.22. The second kappa shape index (κ2) is 7.90. The number of likely N-dealkylation sites (tertiary alicyclic amines) is 1. The first kappa shape index (κ1) is 16.4. The van der Waals surface area contributed by atoms with Gasteiger partial charge in [0, 0.05) is 25.7 Å². The Hall–Kier alpha value is -2.43. The van der Waals surface area contributed by atoms with E-state index in [4.69, 9.17) is 0 Å². The van der Waals surface area contributed by atoms with Crippen LogP contribution in [0.4, 0.5) is 5.82 Å². The zero-order valence-electron chi connectivity index (χ0n) is 14.1. The fourth-order valence-electron chi connectivity index (χ4n) is 3.22. The van der Waals surface area contributed by atoms with Gasteiger partial charge in [-0.3, -0.25) is 9.78 Å². The molecule has 1 fully saturated rings. The Morgan fingerprint density at radius 2 is 2.00 bits per heavy atom. The van der Waals surface area contributed by atoms with E-state index in [0.717, 1.165) is 55.8 Å². The van der Waals surface area contributed by atoms with Gasteiger partial charge < -0.3 is 10.2 Å². The van der Waals surface area contributed by atoms with Gasteiger partial charge in [-0.25, -0.2) is 4.98 Å². The van der Waals surface area contributed by atoms with Gasteiger partial charge in [0.25, 0.3) is 5.91 Å². The van der Waals surface area contributed by atoms with E-state index in [9.17, 15) is 4.79 Å². The molecule has 1 unspecified atom stereocenters. The molecule has 5 heteroatoms. The monoisotopic (exact) mass is 324 g/mol. The lowest BCUT2D eigenvalue weighted by Crippen LogP contribution is -2.32. The third-order valence-corrected chi connectivity index (χ3v) is 4.61. The van der Waals surface area contributed by atoms with Crippen molar-refractivity contribution in [2.24, 2.45) is 5.92 Å². The van der Waals surface area contributed by atoms with E-state index in [2.05, 4.69) is 15.3 Å². The number of rotatable bonds is 4. The molecule has 5 nitrogen and oxygen atoms in total. The minimum atomic E-state index is 0.148. The molecule has 1 amide bonds. The van der Waals surface area contributed by atoms with E-state index in [1.807, 2.05) is 48.5 Å². The molecule has 1 aliphatic rings. The van der Waals surface area contributed by atoms with E-state index in [0.29, 0.717) is 5.92 Å². The zero-order valence-corrected chi connectivity index (χ0v) is 14.1. The van der Waals surface area contributed by atoms with Gasteiger partial charge in [0.05, 0.1) is 18.1 Å². The summed E-state index contributed by atoms with van der Waals surface area (Å²) in [5.41, 5.74) is 1.81. The highest BCUT2D eigenvalue weighted by molar-refractivity contribution is 5.94. The van der Waals surface area contributed by atoms with Crippen LogP contribution < -0.4 is 5.32 Å². The average Bonchev–Trinajstić information content (AvgIpc) is 2.88. The summed E-state index contributed by atoms with van der Waals surface area (Å²) in [6, 6.07) is 9.56. The summed E-state index contributed by atoms with van der Waals surface area (Å²) in [5, 5.41) is 2.98. The maximum Gasteiger partial charge on any atom is 0.253 e. The summed E-state index contributed by atoms with van der Waals surface area (Å²) in [6.45, 7) is 1.66. The molecule has 0 radical (unpaired) electrons. The van der Waals surface area contributed by atoms with Crippen LogP contribution in [-0.4, -0.2) is 40.9 Å². The van der Waals surface area contributed by atoms with Gasteiger partial charge in [0.15, 0.2) is 0 Å². The lowest BCUT2D eigenvalue weighted by molar-refractivity contribution is 0.0760. The molecule has 1 N–H and O–H groups in total. The van der Waals surface area contributed by atoms with Crippen molar-refractivity contribution in [2.75, 3.05) is 25.5 Å². The Kier molecular flexibility index (Phi) is 5.41. The minimum Gasteiger partial charge on any atom is -0.372 e. The molecule has 1 saturated heterocycles. The number of nitrogens with one attached hydrogen (secondary N) is 1. The number of hydrogen-bond donors (Lipinski definition) is 1. The maximum atomic E-state index is 12.6. The first-order valence-corrected chi connectivity index (χ1v) is 8.59. The van der Waals surface area contributed by atoms with E-state index < -0.39 is 0 Å². The molecule has 0 saturated carbocycles. The van der Waals surface area contributed by atoms with Crippen molar-refractivity contribution in [2.45, 2.75) is 25.7 Å². The first-order chi connectivity index (χ1) is 11.8. The Bertz CT molecular complexity index is 657. The lowest BCUT2D eigenvalue weighted by atomic mass is 9.95.